The number of hydrogen-bond acceptors (Lipinski definition) is 5. The summed E-state index contributed by atoms with van der Waals surface area (Å²) < 4.78 is 0. The zero-order valence-corrected chi connectivity index (χ0v) is 11.4. The predicted octanol–water partition coefficient (Wildman–Crippen LogP) is 4.31. The molecule has 0 saturated carbocycles. The zero-order chi connectivity index (χ0) is 14.7. The van der Waals surface area contributed by atoms with E-state index in [9.17, 15) is 20.2 Å². The van der Waals surface area contributed by atoms with Gasteiger partial charge in [-0.15, -0.1) is 0 Å². The summed E-state index contributed by atoms with van der Waals surface area (Å²) in [5.41, 5.74) is -0.601. The molecular weight excluding hydrogens is 304 g/mol. The van der Waals surface area contributed by atoms with Crippen LogP contribution < -0.4 is 0 Å². The third-order valence-corrected chi connectivity index (χ3v) is 3.72. The van der Waals surface area contributed by atoms with Gasteiger partial charge in [0.25, 0.3) is 11.4 Å². The van der Waals surface area contributed by atoms with E-state index in [2.05, 4.69) is 0 Å². The summed E-state index contributed by atoms with van der Waals surface area (Å²) in [6.07, 6.45) is 0. The molecule has 0 aliphatic carbocycles. The molecule has 20 heavy (non-hydrogen) atoms. The molecule has 0 amide bonds. The highest BCUT2D eigenvalue weighted by molar-refractivity contribution is 7.99. The molecule has 0 aliphatic heterocycles. The molecule has 2 rings (SSSR count). The highest BCUT2D eigenvalue weighted by atomic mass is 35.5. The van der Waals surface area contributed by atoms with Crippen LogP contribution in [0.5, 0.6) is 0 Å². The molecule has 0 radical (unpaired) electrons. The van der Waals surface area contributed by atoms with Crippen LogP contribution in [0.1, 0.15) is 0 Å². The summed E-state index contributed by atoms with van der Waals surface area (Å²) in [4.78, 5) is 21.4. The molecule has 102 valence electrons. The first-order chi connectivity index (χ1) is 9.47. The normalized spacial score (nSPS) is 10.2. The van der Waals surface area contributed by atoms with Crippen molar-refractivity contribution < 1.29 is 9.85 Å². The third kappa shape index (κ3) is 3.25. The van der Waals surface area contributed by atoms with Gasteiger partial charge >= 0.3 is 0 Å². The Morgan fingerprint density at radius 1 is 0.950 bits per heavy atom. The minimum atomic E-state index is -0.663. The van der Waals surface area contributed by atoms with Crippen LogP contribution in [0.25, 0.3) is 0 Å². The SMILES string of the molecule is O=[N+]([O-])c1ccc(Sc2ccc(Cl)cc2)c([N+](=O)[O-])c1. The molecule has 0 aromatic heterocycles. The molecule has 2 aromatic carbocycles. The molecule has 0 aliphatic rings. The standard InChI is InChI=1S/C12H7ClN2O4S/c13-8-1-4-10(5-2-8)20-12-6-3-9(14(16)17)7-11(12)15(18)19/h1-7H. The van der Waals surface area contributed by atoms with Crippen LogP contribution in [-0.2, 0) is 0 Å². The fourth-order valence-electron chi connectivity index (χ4n) is 1.48. The lowest BCUT2D eigenvalue weighted by molar-refractivity contribution is -0.396. The molecule has 0 spiro atoms. The minimum Gasteiger partial charge on any atom is -0.258 e. The summed E-state index contributed by atoms with van der Waals surface area (Å²) in [5, 5.41) is 22.2. The van der Waals surface area contributed by atoms with Gasteiger partial charge in [-0.05, 0) is 30.3 Å². The molecule has 6 nitrogen and oxygen atoms in total. The van der Waals surface area contributed by atoms with Crippen LogP contribution >= 0.6 is 23.4 Å². The van der Waals surface area contributed by atoms with Gasteiger partial charge in [0.2, 0.25) is 0 Å². The van der Waals surface area contributed by atoms with E-state index in [-0.39, 0.29) is 11.4 Å². The van der Waals surface area contributed by atoms with E-state index in [1.54, 1.807) is 24.3 Å². The van der Waals surface area contributed by atoms with Crippen LogP contribution in [0.2, 0.25) is 5.02 Å². The number of nitrogens with zero attached hydrogens (tertiary/aromatic N) is 2. The van der Waals surface area contributed by atoms with E-state index < -0.39 is 9.85 Å². The van der Waals surface area contributed by atoms with Crippen molar-refractivity contribution >= 4 is 34.7 Å². The van der Waals surface area contributed by atoms with Gasteiger partial charge in [0.1, 0.15) is 0 Å². The van der Waals surface area contributed by atoms with Crippen LogP contribution in [0.4, 0.5) is 11.4 Å². The van der Waals surface area contributed by atoms with Crippen molar-refractivity contribution in [2.45, 2.75) is 9.79 Å². The zero-order valence-electron chi connectivity index (χ0n) is 9.86. The first-order valence-electron chi connectivity index (χ1n) is 5.33. The van der Waals surface area contributed by atoms with Gasteiger partial charge in [-0.3, -0.25) is 20.2 Å². The molecule has 0 atom stereocenters. The second-order valence-corrected chi connectivity index (χ2v) is 5.27. The third-order valence-electron chi connectivity index (χ3n) is 2.39. The van der Waals surface area contributed by atoms with Gasteiger partial charge in [0.05, 0.1) is 20.8 Å². The largest absolute Gasteiger partial charge is 0.290 e. The fraction of sp³-hybridized carbons (Fsp3) is 0. The van der Waals surface area contributed by atoms with E-state index in [4.69, 9.17) is 11.6 Å². The Kier molecular flexibility index (Phi) is 4.21. The van der Waals surface area contributed by atoms with Crippen molar-refractivity contribution in [1.82, 2.24) is 0 Å². The van der Waals surface area contributed by atoms with Crippen LogP contribution in [-0.4, -0.2) is 9.85 Å². The Labute approximate surface area is 122 Å². The molecule has 0 N–H and O–H groups in total. The molecule has 0 saturated heterocycles. The Hall–Kier alpha value is -2.12. The van der Waals surface area contributed by atoms with Crippen molar-refractivity contribution in [3.8, 4) is 0 Å². The lowest BCUT2D eigenvalue weighted by atomic mass is 10.3. The number of rotatable bonds is 4. The molecule has 0 bridgehead atoms. The Morgan fingerprint density at radius 2 is 1.60 bits per heavy atom. The van der Waals surface area contributed by atoms with Crippen LogP contribution in [0.15, 0.2) is 52.3 Å². The first-order valence-corrected chi connectivity index (χ1v) is 6.53. The van der Waals surface area contributed by atoms with E-state index in [1.165, 1.54) is 12.1 Å². The molecule has 8 heteroatoms. The van der Waals surface area contributed by atoms with E-state index in [1.807, 2.05) is 0 Å². The lowest BCUT2D eigenvalue weighted by Crippen LogP contribution is -1.94. The van der Waals surface area contributed by atoms with Gasteiger partial charge in [0, 0.05) is 16.0 Å². The quantitative estimate of drug-likeness (QED) is 0.620. The fourth-order valence-corrected chi connectivity index (χ4v) is 2.50. The summed E-state index contributed by atoms with van der Waals surface area (Å²) in [6, 6.07) is 10.3. The smallest absolute Gasteiger partial charge is 0.258 e. The molecule has 2 aromatic rings. The van der Waals surface area contributed by atoms with E-state index >= 15 is 0 Å². The maximum atomic E-state index is 11.0. The van der Waals surface area contributed by atoms with Gasteiger partial charge in [-0.1, -0.05) is 23.4 Å². The number of hydrogen-bond donors (Lipinski definition) is 0. The van der Waals surface area contributed by atoms with Crippen molar-refractivity contribution in [2.24, 2.45) is 0 Å². The Balaban J connectivity index is 2.38. The monoisotopic (exact) mass is 310 g/mol. The molecule has 0 unspecified atom stereocenters. The van der Waals surface area contributed by atoms with Crippen molar-refractivity contribution in [3.05, 3.63) is 67.7 Å². The number of nitro benzene ring substituents is 2. The second kappa shape index (κ2) is 5.89. The van der Waals surface area contributed by atoms with E-state index in [0.29, 0.717) is 9.92 Å². The topological polar surface area (TPSA) is 86.3 Å². The average molecular weight is 311 g/mol. The summed E-state index contributed by atoms with van der Waals surface area (Å²) in [5.74, 6) is 0. The van der Waals surface area contributed by atoms with Crippen molar-refractivity contribution in [2.75, 3.05) is 0 Å². The lowest BCUT2D eigenvalue weighted by Gasteiger charge is -2.03. The summed E-state index contributed by atoms with van der Waals surface area (Å²) >= 11 is 6.91. The number of benzene rings is 2. The molecule has 0 heterocycles. The van der Waals surface area contributed by atoms with Crippen molar-refractivity contribution in [1.29, 1.82) is 0 Å². The van der Waals surface area contributed by atoms with Gasteiger partial charge < -0.3 is 0 Å². The predicted molar refractivity (Wildman–Crippen MR) is 75.3 cm³/mol. The van der Waals surface area contributed by atoms with E-state index in [0.717, 1.165) is 22.7 Å². The number of nitro groups is 2. The molecular formula is C12H7ClN2O4S. The summed E-state index contributed by atoms with van der Waals surface area (Å²) in [6.45, 7) is 0. The van der Waals surface area contributed by atoms with Gasteiger partial charge in [-0.2, -0.15) is 0 Å². The number of halogens is 1. The van der Waals surface area contributed by atoms with Gasteiger partial charge in [-0.25, -0.2) is 0 Å². The highest BCUT2D eigenvalue weighted by Crippen LogP contribution is 2.37. The average Bonchev–Trinajstić information content (AvgIpc) is 2.41. The van der Waals surface area contributed by atoms with Gasteiger partial charge in [0.15, 0.2) is 0 Å². The Morgan fingerprint density at radius 3 is 2.15 bits per heavy atom. The maximum absolute atomic E-state index is 11.0. The minimum absolute atomic E-state index is 0.292. The van der Waals surface area contributed by atoms with Crippen LogP contribution in [0.3, 0.4) is 0 Å². The first kappa shape index (κ1) is 14.3. The van der Waals surface area contributed by atoms with Crippen molar-refractivity contribution in [3.63, 3.8) is 0 Å². The molecule has 0 fully saturated rings. The second-order valence-electron chi connectivity index (χ2n) is 3.72. The number of non-ortho nitro benzene ring substituents is 1. The maximum Gasteiger partial charge on any atom is 0.290 e. The highest BCUT2D eigenvalue weighted by Gasteiger charge is 2.20. The Bertz CT molecular complexity index is 676. The summed E-state index contributed by atoms with van der Waals surface area (Å²) in [7, 11) is 0. The van der Waals surface area contributed by atoms with Crippen LogP contribution in [0, 0.1) is 20.2 Å².